The molecule has 218 valence electrons. The van der Waals surface area contributed by atoms with E-state index >= 15 is 0 Å². The van der Waals surface area contributed by atoms with E-state index in [0.717, 1.165) is 10.5 Å². The lowest BCUT2D eigenvalue weighted by atomic mass is 10.1. The molecule has 0 spiro atoms. The molecule has 4 aromatic rings. The van der Waals surface area contributed by atoms with Gasteiger partial charge in [0.25, 0.3) is 0 Å². The number of aliphatic carboxylic acids is 1. The largest absolute Gasteiger partial charge is 0.478 e. The zero-order valence-corrected chi connectivity index (χ0v) is 24.0. The molecular weight excluding hydrogens is 562 g/mol. The number of imide groups is 1. The van der Waals surface area contributed by atoms with E-state index in [-0.39, 0.29) is 6.54 Å². The van der Waals surface area contributed by atoms with Gasteiger partial charge in [0.1, 0.15) is 11.4 Å². The van der Waals surface area contributed by atoms with Crippen LogP contribution >= 0.6 is 11.6 Å². The lowest BCUT2D eigenvalue weighted by molar-refractivity contribution is -0.152. The average Bonchev–Trinajstić information content (AvgIpc) is 3.46. The number of urea groups is 1. The molecule has 0 aliphatic rings. The second kappa shape index (κ2) is 13.2. The Hall–Kier alpha value is -4.83. The molecule has 1 atom stereocenters. The molecule has 11 heteroatoms. The molecule has 2 N–H and O–H groups in total. The highest BCUT2D eigenvalue weighted by atomic mass is 35.5. The monoisotopic (exact) mass is 591 g/mol. The van der Waals surface area contributed by atoms with Crippen LogP contribution < -0.4 is 10.1 Å². The fourth-order valence-electron chi connectivity index (χ4n) is 3.85. The minimum Gasteiger partial charge on any atom is -0.478 e. The number of anilines is 1. The number of nitrogens with one attached hydrogen (secondary N) is 1. The van der Waals surface area contributed by atoms with Crippen molar-refractivity contribution in [2.24, 2.45) is 0 Å². The number of hydrogen-bond donors (Lipinski definition) is 2. The van der Waals surface area contributed by atoms with Crippen LogP contribution in [0, 0.1) is 0 Å². The number of carbonyl (C=O) groups excluding carboxylic acids is 2. The maximum Gasteiger partial charge on any atom is 0.419 e. The van der Waals surface area contributed by atoms with E-state index in [9.17, 15) is 19.5 Å². The van der Waals surface area contributed by atoms with Gasteiger partial charge < -0.3 is 24.4 Å². The van der Waals surface area contributed by atoms with Gasteiger partial charge in [0.15, 0.2) is 17.5 Å². The maximum absolute atomic E-state index is 13.4. The Labute approximate surface area is 247 Å². The summed E-state index contributed by atoms with van der Waals surface area (Å²) in [5.41, 5.74) is 0.964. The van der Waals surface area contributed by atoms with Crippen molar-refractivity contribution in [3.63, 3.8) is 0 Å². The molecule has 10 nitrogen and oxygen atoms in total. The highest BCUT2D eigenvalue weighted by molar-refractivity contribution is 6.30. The minimum absolute atomic E-state index is 0.0235. The Kier molecular flexibility index (Phi) is 9.49. The molecule has 4 rings (SSSR count). The fraction of sp³-hybridized carbons (Fsp3) is 0.226. The zero-order valence-electron chi connectivity index (χ0n) is 23.2. The Morgan fingerprint density at radius 1 is 1.02 bits per heavy atom. The van der Waals surface area contributed by atoms with E-state index in [1.165, 1.54) is 13.8 Å². The molecular formula is C31H30ClN3O7. The van der Waals surface area contributed by atoms with E-state index < -0.39 is 29.8 Å². The second-order valence-electron chi connectivity index (χ2n) is 9.85. The number of carboxylic acid groups (broad SMARTS) is 1. The molecule has 0 aliphatic carbocycles. The Morgan fingerprint density at radius 3 is 2.31 bits per heavy atom. The van der Waals surface area contributed by atoms with Crippen LogP contribution in [0.1, 0.15) is 44.6 Å². The van der Waals surface area contributed by atoms with Gasteiger partial charge in [-0.05, 0) is 74.4 Å². The summed E-state index contributed by atoms with van der Waals surface area (Å²) in [6, 6.07) is 23.2. The Bertz CT molecular complexity index is 1520. The van der Waals surface area contributed by atoms with Gasteiger partial charge in [-0.3, -0.25) is 0 Å². The normalized spacial score (nSPS) is 11.8. The van der Waals surface area contributed by atoms with Crippen LogP contribution in [0.2, 0.25) is 5.02 Å². The summed E-state index contributed by atoms with van der Waals surface area (Å²) < 4.78 is 16.8. The van der Waals surface area contributed by atoms with E-state index in [4.69, 9.17) is 25.6 Å². The number of amides is 3. The van der Waals surface area contributed by atoms with Gasteiger partial charge in [-0.25, -0.2) is 19.3 Å². The number of benzene rings is 3. The zero-order chi connectivity index (χ0) is 30.3. The molecule has 0 fully saturated rings. The molecule has 3 amide bonds. The molecule has 1 unspecified atom stereocenters. The van der Waals surface area contributed by atoms with Crippen molar-refractivity contribution < 1.29 is 33.5 Å². The Balaban J connectivity index is 1.49. The van der Waals surface area contributed by atoms with Crippen LogP contribution in [0.3, 0.4) is 0 Å². The third-order valence-electron chi connectivity index (χ3n) is 6.24. The molecule has 0 saturated carbocycles. The first-order chi connectivity index (χ1) is 20.1. The highest BCUT2D eigenvalue weighted by Crippen LogP contribution is 2.29. The van der Waals surface area contributed by atoms with Gasteiger partial charge in [-0.15, -0.1) is 0 Å². The summed E-state index contributed by atoms with van der Waals surface area (Å²) in [6.07, 6.45) is -1.33. The number of carboxylic acids is 1. The van der Waals surface area contributed by atoms with Gasteiger partial charge in [-0.1, -0.05) is 54.0 Å². The lowest BCUT2D eigenvalue weighted by Gasteiger charge is -2.23. The van der Waals surface area contributed by atoms with Gasteiger partial charge in [0.05, 0.1) is 6.54 Å². The van der Waals surface area contributed by atoms with Crippen LogP contribution in [0.25, 0.3) is 11.3 Å². The smallest absolute Gasteiger partial charge is 0.419 e. The lowest BCUT2D eigenvalue weighted by Crippen LogP contribution is -2.40. The van der Waals surface area contributed by atoms with Crippen molar-refractivity contribution in [3.8, 4) is 17.0 Å². The minimum atomic E-state index is -1.39. The highest BCUT2D eigenvalue weighted by Gasteiger charge is 2.30. The number of aromatic nitrogens is 1. The number of nitrogens with zero attached hydrogens (tertiary/aromatic N) is 2. The Morgan fingerprint density at radius 2 is 1.69 bits per heavy atom. The topological polar surface area (TPSA) is 131 Å². The van der Waals surface area contributed by atoms with Crippen molar-refractivity contribution >= 4 is 35.4 Å². The van der Waals surface area contributed by atoms with Crippen molar-refractivity contribution in [1.82, 2.24) is 10.1 Å². The van der Waals surface area contributed by atoms with E-state index in [2.05, 4.69) is 10.5 Å². The molecule has 0 radical (unpaired) electrons. The SMILES string of the molecule is CCC(OC(=O)N(Cc1ccccc1)C(=O)Nc1ccc(Cl)cc1)c1cc(-c2ccc(OC(C)(C)C(=O)O)cc2)no1. The summed E-state index contributed by atoms with van der Waals surface area (Å²) in [6.45, 7) is 4.71. The number of ether oxygens (including phenoxy) is 2. The number of halogens is 1. The summed E-state index contributed by atoms with van der Waals surface area (Å²) >= 11 is 5.94. The van der Waals surface area contributed by atoms with Gasteiger partial charge >= 0.3 is 18.1 Å². The van der Waals surface area contributed by atoms with Gasteiger partial charge in [0.2, 0.25) is 0 Å². The quantitative estimate of drug-likeness (QED) is 0.193. The summed E-state index contributed by atoms with van der Waals surface area (Å²) in [5, 5.41) is 16.6. The molecule has 42 heavy (non-hydrogen) atoms. The summed E-state index contributed by atoms with van der Waals surface area (Å²) in [4.78, 5) is 38.9. The van der Waals surface area contributed by atoms with Crippen LogP contribution in [0.15, 0.2) is 89.5 Å². The van der Waals surface area contributed by atoms with E-state index in [0.29, 0.717) is 39.9 Å². The number of hydrogen-bond acceptors (Lipinski definition) is 7. The van der Waals surface area contributed by atoms with Crippen molar-refractivity contribution in [2.45, 2.75) is 45.4 Å². The summed E-state index contributed by atoms with van der Waals surface area (Å²) in [7, 11) is 0. The first kappa shape index (κ1) is 30.1. The molecule has 3 aromatic carbocycles. The second-order valence-corrected chi connectivity index (χ2v) is 10.3. The molecule has 1 aromatic heterocycles. The van der Waals surface area contributed by atoms with E-state index in [1.807, 2.05) is 25.1 Å². The van der Waals surface area contributed by atoms with Crippen molar-refractivity contribution in [1.29, 1.82) is 0 Å². The predicted octanol–water partition coefficient (Wildman–Crippen LogP) is 7.56. The molecule has 0 aliphatic heterocycles. The first-order valence-electron chi connectivity index (χ1n) is 13.1. The first-order valence-corrected chi connectivity index (χ1v) is 13.5. The molecule has 0 saturated heterocycles. The standard InChI is InChI=1S/C31H30ClN3O7/c1-4-26(27-18-25(34-42-27)21-10-16-24(17-11-21)41-31(2,3)28(36)37)40-30(39)35(19-20-8-6-5-7-9-20)29(38)33-23-14-12-22(32)13-15-23/h5-18,26H,4,19H2,1-3H3,(H,33,38)(H,36,37). The van der Waals surface area contributed by atoms with Crippen molar-refractivity contribution in [3.05, 3.63) is 101 Å². The van der Waals surface area contributed by atoms with E-state index in [1.54, 1.807) is 66.7 Å². The molecule has 1 heterocycles. The maximum atomic E-state index is 13.4. The number of carbonyl (C=O) groups is 3. The van der Waals surface area contributed by atoms with Crippen LogP contribution in [-0.4, -0.2) is 38.9 Å². The molecule has 0 bridgehead atoms. The fourth-order valence-corrected chi connectivity index (χ4v) is 3.97. The third kappa shape index (κ3) is 7.67. The number of rotatable bonds is 10. The summed E-state index contributed by atoms with van der Waals surface area (Å²) in [5.74, 6) is -0.408. The van der Waals surface area contributed by atoms with Crippen LogP contribution in [0.5, 0.6) is 5.75 Å². The van der Waals surface area contributed by atoms with Crippen molar-refractivity contribution in [2.75, 3.05) is 5.32 Å². The third-order valence-corrected chi connectivity index (χ3v) is 6.49. The average molecular weight is 592 g/mol. The van der Waals surface area contributed by atoms with Gasteiger partial charge in [0, 0.05) is 22.3 Å². The van der Waals surface area contributed by atoms with Crippen LogP contribution in [0.4, 0.5) is 15.3 Å². The van der Waals surface area contributed by atoms with Crippen LogP contribution in [-0.2, 0) is 16.1 Å². The predicted molar refractivity (Wildman–Crippen MR) is 156 cm³/mol. The van der Waals surface area contributed by atoms with Gasteiger partial charge in [-0.2, -0.15) is 0 Å².